The Kier molecular flexibility index (Phi) is 1.78. The molecule has 0 spiro atoms. The molecule has 0 radical (unpaired) electrons. The van der Waals surface area contributed by atoms with Gasteiger partial charge in [0, 0.05) is 12.0 Å². The first-order valence-electron chi connectivity index (χ1n) is 5.11. The molecule has 0 bridgehead atoms. The molecule has 15 heavy (non-hydrogen) atoms. The van der Waals surface area contributed by atoms with Crippen LogP contribution in [0.2, 0.25) is 0 Å². The van der Waals surface area contributed by atoms with Crippen molar-refractivity contribution in [2.24, 2.45) is 0 Å². The Morgan fingerprint density at radius 3 is 3.20 bits per heavy atom. The molecule has 1 aliphatic rings. The number of fused-ring (bicyclic) bond motifs is 1. The molecule has 3 rings (SSSR count). The van der Waals surface area contributed by atoms with Crippen molar-refractivity contribution >= 4 is 0 Å². The molecule has 3 nitrogen and oxygen atoms in total. The van der Waals surface area contributed by atoms with Crippen molar-refractivity contribution in [3.05, 3.63) is 36.3 Å². The monoisotopic (exact) mass is 200 g/mol. The van der Waals surface area contributed by atoms with Gasteiger partial charge in [0.25, 0.3) is 0 Å². The number of aromatic nitrogens is 2. The van der Waals surface area contributed by atoms with Gasteiger partial charge < -0.3 is 9.72 Å². The molecular formula is C12H12N2O. The number of hydrogen-bond acceptors (Lipinski definition) is 2. The minimum Gasteiger partial charge on any atom is -0.490 e. The van der Waals surface area contributed by atoms with Gasteiger partial charge in [0.2, 0.25) is 0 Å². The van der Waals surface area contributed by atoms with Crippen molar-refractivity contribution in [3.63, 3.8) is 0 Å². The molecule has 3 heteroatoms. The fourth-order valence-electron chi connectivity index (χ4n) is 2.00. The molecule has 1 aromatic carbocycles. The van der Waals surface area contributed by atoms with E-state index in [1.807, 2.05) is 12.3 Å². The first-order valence-corrected chi connectivity index (χ1v) is 5.11. The number of H-pyrrole nitrogens is 1. The van der Waals surface area contributed by atoms with E-state index in [-0.39, 0.29) is 0 Å². The van der Waals surface area contributed by atoms with Crippen molar-refractivity contribution < 1.29 is 4.74 Å². The number of aromatic amines is 1. The van der Waals surface area contributed by atoms with Gasteiger partial charge in [0.1, 0.15) is 11.9 Å². The number of nitrogens with zero attached hydrogens (tertiary/aromatic N) is 1. The number of hydrogen-bond donors (Lipinski definition) is 1. The first-order chi connectivity index (χ1) is 7.33. The van der Waals surface area contributed by atoms with Crippen LogP contribution in [-0.4, -0.2) is 16.1 Å². The fraction of sp³-hybridized carbons (Fsp3) is 0.250. The Morgan fingerprint density at radius 2 is 2.40 bits per heavy atom. The molecule has 2 aromatic rings. The van der Waals surface area contributed by atoms with E-state index in [9.17, 15) is 0 Å². The zero-order valence-corrected chi connectivity index (χ0v) is 8.53. The van der Waals surface area contributed by atoms with E-state index in [0.717, 1.165) is 17.9 Å². The highest BCUT2D eigenvalue weighted by molar-refractivity contribution is 5.61. The Hall–Kier alpha value is -1.77. The highest BCUT2D eigenvalue weighted by Crippen LogP contribution is 2.31. The number of imidazole rings is 1. The average Bonchev–Trinajstić information content (AvgIpc) is 2.82. The van der Waals surface area contributed by atoms with Gasteiger partial charge in [0.15, 0.2) is 0 Å². The molecule has 0 aliphatic carbocycles. The molecule has 1 aromatic heterocycles. The van der Waals surface area contributed by atoms with E-state index in [1.54, 1.807) is 6.33 Å². The molecule has 76 valence electrons. The lowest BCUT2D eigenvalue weighted by molar-refractivity contribution is 0.254. The zero-order valence-electron chi connectivity index (χ0n) is 8.53. The summed E-state index contributed by atoms with van der Waals surface area (Å²) in [5.74, 6) is 1.02. The smallest absolute Gasteiger partial charge is 0.123 e. The van der Waals surface area contributed by atoms with Gasteiger partial charge in [-0.2, -0.15) is 0 Å². The van der Waals surface area contributed by atoms with Crippen molar-refractivity contribution in [2.45, 2.75) is 19.4 Å². The summed E-state index contributed by atoms with van der Waals surface area (Å²) in [6, 6.07) is 6.27. The van der Waals surface area contributed by atoms with Gasteiger partial charge in [-0.25, -0.2) is 4.98 Å². The normalized spacial score (nSPS) is 18.6. The Balaban J connectivity index is 2.04. The van der Waals surface area contributed by atoms with Crippen molar-refractivity contribution in [2.75, 3.05) is 0 Å². The summed E-state index contributed by atoms with van der Waals surface area (Å²) in [6.45, 7) is 2.09. The fourth-order valence-corrected chi connectivity index (χ4v) is 2.00. The van der Waals surface area contributed by atoms with Crippen LogP contribution in [0.4, 0.5) is 0 Å². The van der Waals surface area contributed by atoms with E-state index in [4.69, 9.17) is 4.74 Å². The highest BCUT2D eigenvalue weighted by atomic mass is 16.5. The van der Waals surface area contributed by atoms with E-state index >= 15 is 0 Å². The maximum Gasteiger partial charge on any atom is 0.123 e. The lowest BCUT2D eigenvalue weighted by Crippen LogP contribution is -2.05. The van der Waals surface area contributed by atoms with E-state index in [2.05, 4.69) is 29.0 Å². The third-order valence-corrected chi connectivity index (χ3v) is 2.71. The Labute approximate surface area is 88.1 Å². The lowest BCUT2D eigenvalue weighted by Gasteiger charge is -2.02. The van der Waals surface area contributed by atoms with E-state index in [1.165, 1.54) is 11.1 Å². The second-order valence-electron chi connectivity index (χ2n) is 3.92. The molecule has 1 aliphatic heterocycles. The van der Waals surface area contributed by atoms with Gasteiger partial charge in [-0.1, -0.05) is 0 Å². The molecule has 1 N–H and O–H groups in total. The SMILES string of the molecule is CC1Cc2cc(-c3cnc[nH]3)ccc2O1. The van der Waals surface area contributed by atoms with Gasteiger partial charge in [-0.3, -0.25) is 0 Å². The van der Waals surface area contributed by atoms with Gasteiger partial charge in [-0.15, -0.1) is 0 Å². The summed E-state index contributed by atoms with van der Waals surface area (Å²) in [7, 11) is 0. The summed E-state index contributed by atoms with van der Waals surface area (Å²) >= 11 is 0. The zero-order chi connectivity index (χ0) is 10.3. The van der Waals surface area contributed by atoms with Crippen LogP contribution in [0.1, 0.15) is 12.5 Å². The molecule has 0 saturated heterocycles. The predicted molar refractivity (Wildman–Crippen MR) is 57.8 cm³/mol. The number of nitrogens with one attached hydrogen (secondary N) is 1. The second-order valence-corrected chi connectivity index (χ2v) is 3.92. The number of ether oxygens (including phenoxy) is 1. The third-order valence-electron chi connectivity index (χ3n) is 2.71. The molecule has 0 saturated carbocycles. The molecule has 1 unspecified atom stereocenters. The third kappa shape index (κ3) is 1.40. The molecule has 2 heterocycles. The first kappa shape index (κ1) is 8.53. The maximum absolute atomic E-state index is 5.65. The summed E-state index contributed by atoms with van der Waals surface area (Å²) in [6.07, 6.45) is 4.83. The number of rotatable bonds is 1. The summed E-state index contributed by atoms with van der Waals surface area (Å²) in [5, 5.41) is 0. The molecule has 1 atom stereocenters. The van der Waals surface area contributed by atoms with E-state index < -0.39 is 0 Å². The predicted octanol–water partition coefficient (Wildman–Crippen LogP) is 2.40. The van der Waals surface area contributed by atoms with Crippen LogP contribution in [0.15, 0.2) is 30.7 Å². The Bertz CT molecular complexity index is 476. The van der Waals surface area contributed by atoms with Crippen LogP contribution in [-0.2, 0) is 6.42 Å². The molecule has 0 amide bonds. The summed E-state index contributed by atoms with van der Waals surface area (Å²) in [5.41, 5.74) is 3.51. The van der Waals surface area contributed by atoms with Crippen molar-refractivity contribution in [3.8, 4) is 17.0 Å². The molecule has 0 fully saturated rings. The van der Waals surface area contributed by atoms with Gasteiger partial charge in [0.05, 0.1) is 18.2 Å². The highest BCUT2D eigenvalue weighted by Gasteiger charge is 2.19. The average molecular weight is 200 g/mol. The lowest BCUT2D eigenvalue weighted by atomic mass is 10.1. The standard InChI is InChI=1S/C12H12N2O/c1-8-4-10-5-9(2-3-12(10)15-8)11-6-13-7-14-11/h2-3,5-8H,4H2,1H3,(H,13,14). The summed E-state index contributed by atoms with van der Waals surface area (Å²) < 4.78 is 5.65. The molecular weight excluding hydrogens is 188 g/mol. The van der Waals surface area contributed by atoms with Crippen LogP contribution in [0.3, 0.4) is 0 Å². The second kappa shape index (κ2) is 3.12. The van der Waals surface area contributed by atoms with Crippen LogP contribution in [0.5, 0.6) is 5.75 Å². The van der Waals surface area contributed by atoms with Crippen molar-refractivity contribution in [1.82, 2.24) is 9.97 Å². The van der Waals surface area contributed by atoms with Crippen LogP contribution < -0.4 is 4.74 Å². The van der Waals surface area contributed by atoms with E-state index in [0.29, 0.717) is 6.10 Å². The minimum absolute atomic E-state index is 0.303. The Morgan fingerprint density at radius 1 is 1.47 bits per heavy atom. The topological polar surface area (TPSA) is 37.9 Å². The minimum atomic E-state index is 0.303. The van der Waals surface area contributed by atoms with Crippen LogP contribution in [0, 0.1) is 0 Å². The largest absolute Gasteiger partial charge is 0.490 e. The van der Waals surface area contributed by atoms with Crippen molar-refractivity contribution in [1.29, 1.82) is 0 Å². The van der Waals surface area contributed by atoms with Gasteiger partial charge >= 0.3 is 0 Å². The maximum atomic E-state index is 5.65. The summed E-state index contributed by atoms with van der Waals surface area (Å²) in [4.78, 5) is 7.12. The van der Waals surface area contributed by atoms with Crippen LogP contribution >= 0.6 is 0 Å². The van der Waals surface area contributed by atoms with Crippen LogP contribution in [0.25, 0.3) is 11.3 Å². The van der Waals surface area contributed by atoms with Gasteiger partial charge in [-0.05, 0) is 30.7 Å². The quantitative estimate of drug-likeness (QED) is 0.767. The number of benzene rings is 1.